The molecule has 0 radical (unpaired) electrons. The first kappa shape index (κ1) is 13.9. The zero-order valence-corrected chi connectivity index (χ0v) is 12.1. The normalized spacial score (nSPS) is 11.9. The van der Waals surface area contributed by atoms with Gasteiger partial charge in [-0.25, -0.2) is 13.4 Å². The highest BCUT2D eigenvalue weighted by molar-refractivity contribution is 7.88. The molecule has 6 nitrogen and oxygen atoms in total. The van der Waals surface area contributed by atoms with E-state index >= 15 is 0 Å². The first-order valence-corrected chi connectivity index (χ1v) is 8.09. The van der Waals surface area contributed by atoms with Crippen molar-refractivity contribution in [3.8, 4) is 0 Å². The number of anilines is 1. The lowest BCUT2D eigenvalue weighted by atomic mass is 10.3. The predicted molar refractivity (Wildman–Crippen MR) is 75.7 cm³/mol. The van der Waals surface area contributed by atoms with Crippen LogP contribution in [0.5, 0.6) is 0 Å². The molecule has 0 fully saturated rings. The Kier molecular flexibility index (Phi) is 3.83. The Morgan fingerprint density at radius 1 is 1.42 bits per heavy atom. The number of aromatic nitrogens is 1. The highest BCUT2D eigenvalue weighted by atomic mass is 32.2. The van der Waals surface area contributed by atoms with E-state index in [-0.39, 0.29) is 6.54 Å². The van der Waals surface area contributed by atoms with E-state index in [0.717, 1.165) is 20.8 Å². The Hall–Kier alpha value is -1.51. The van der Waals surface area contributed by atoms with E-state index < -0.39 is 15.9 Å². The third-order valence-electron chi connectivity index (χ3n) is 2.47. The molecule has 1 aromatic heterocycles. The maximum atomic E-state index is 11.7. The summed E-state index contributed by atoms with van der Waals surface area (Å²) in [7, 11) is -2.00. The predicted octanol–water partition coefficient (Wildman–Crippen LogP) is 1.13. The van der Waals surface area contributed by atoms with Crippen LogP contribution in [0, 0.1) is 0 Å². The highest BCUT2D eigenvalue weighted by Gasteiger charge is 2.16. The summed E-state index contributed by atoms with van der Waals surface area (Å²) >= 11 is 1.35. The SMILES string of the molecule is CN(CC(=O)Nc1nc2ccccc2s1)S(C)(=O)=O. The number of carbonyl (C=O) groups is 1. The van der Waals surface area contributed by atoms with Crippen LogP contribution in [0.15, 0.2) is 24.3 Å². The van der Waals surface area contributed by atoms with Gasteiger partial charge in [-0.2, -0.15) is 4.31 Å². The third kappa shape index (κ3) is 3.49. The van der Waals surface area contributed by atoms with Gasteiger partial charge in [0.1, 0.15) is 0 Å². The van der Waals surface area contributed by atoms with Crippen molar-refractivity contribution in [2.75, 3.05) is 25.2 Å². The number of nitrogens with one attached hydrogen (secondary N) is 1. The van der Waals surface area contributed by atoms with Crippen LogP contribution in [0.2, 0.25) is 0 Å². The minimum atomic E-state index is -3.36. The zero-order valence-electron chi connectivity index (χ0n) is 10.5. The molecule has 0 saturated heterocycles. The topological polar surface area (TPSA) is 79.4 Å². The number of para-hydroxylation sites is 1. The summed E-state index contributed by atoms with van der Waals surface area (Å²) < 4.78 is 24.3. The lowest BCUT2D eigenvalue weighted by molar-refractivity contribution is -0.116. The average Bonchev–Trinajstić information content (AvgIpc) is 2.69. The van der Waals surface area contributed by atoms with Crippen LogP contribution >= 0.6 is 11.3 Å². The molecule has 0 aliphatic heterocycles. The van der Waals surface area contributed by atoms with Crippen LogP contribution in [0.25, 0.3) is 10.2 Å². The molecule has 0 saturated carbocycles. The second kappa shape index (κ2) is 5.24. The summed E-state index contributed by atoms with van der Waals surface area (Å²) in [6.07, 6.45) is 1.05. The number of sulfonamides is 1. The number of amides is 1. The quantitative estimate of drug-likeness (QED) is 0.917. The molecule has 0 aliphatic rings. The van der Waals surface area contributed by atoms with Crippen LogP contribution in [0.4, 0.5) is 5.13 Å². The van der Waals surface area contributed by atoms with Crippen molar-refractivity contribution in [2.45, 2.75) is 0 Å². The molecule has 1 amide bonds. The monoisotopic (exact) mass is 299 g/mol. The fourth-order valence-electron chi connectivity index (χ4n) is 1.40. The van der Waals surface area contributed by atoms with Crippen LogP contribution in [0.3, 0.4) is 0 Å². The number of fused-ring (bicyclic) bond motifs is 1. The Labute approximate surface area is 115 Å². The van der Waals surface area contributed by atoms with E-state index in [2.05, 4.69) is 10.3 Å². The Morgan fingerprint density at radius 3 is 2.74 bits per heavy atom. The van der Waals surface area contributed by atoms with E-state index in [9.17, 15) is 13.2 Å². The highest BCUT2D eigenvalue weighted by Crippen LogP contribution is 2.25. The van der Waals surface area contributed by atoms with Gasteiger partial charge in [0, 0.05) is 7.05 Å². The van der Waals surface area contributed by atoms with Crippen molar-refractivity contribution in [1.29, 1.82) is 0 Å². The number of carbonyl (C=O) groups excluding carboxylic acids is 1. The molecule has 0 aliphatic carbocycles. The molecule has 2 rings (SSSR count). The molecule has 102 valence electrons. The van der Waals surface area contributed by atoms with Gasteiger partial charge in [0.2, 0.25) is 15.9 Å². The zero-order chi connectivity index (χ0) is 14.0. The van der Waals surface area contributed by atoms with Gasteiger partial charge >= 0.3 is 0 Å². The summed E-state index contributed by atoms with van der Waals surface area (Å²) in [5.74, 6) is -0.410. The molecule has 0 bridgehead atoms. The number of benzene rings is 1. The standard InChI is InChI=1S/C11H13N3O3S2/c1-14(19(2,16)17)7-10(15)13-11-12-8-5-3-4-6-9(8)18-11/h3-6H,7H2,1-2H3,(H,12,13,15). The number of thiazole rings is 1. The Bertz CT molecular complexity index is 676. The van der Waals surface area contributed by atoms with Crippen LogP contribution in [-0.4, -0.2) is 43.5 Å². The first-order valence-electron chi connectivity index (χ1n) is 5.43. The van der Waals surface area contributed by atoms with Crippen LogP contribution in [-0.2, 0) is 14.8 Å². The van der Waals surface area contributed by atoms with Crippen LogP contribution < -0.4 is 5.32 Å². The minimum Gasteiger partial charge on any atom is -0.301 e. The Morgan fingerprint density at radius 2 is 2.11 bits per heavy atom. The van der Waals surface area contributed by atoms with Crippen molar-refractivity contribution in [3.05, 3.63) is 24.3 Å². The lowest BCUT2D eigenvalue weighted by Gasteiger charge is -2.12. The van der Waals surface area contributed by atoms with E-state index in [1.165, 1.54) is 18.4 Å². The van der Waals surface area contributed by atoms with Gasteiger partial charge in [0.25, 0.3) is 0 Å². The molecule has 0 atom stereocenters. The van der Waals surface area contributed by atoms with Gasteiger partial charge in [-0.1, -0.05) is 23.5 Å². The number of rotatable bonds is 4. The van der Waals surface area contributed by atoms with Gasteiger partial charge in [0.15, 0.2) is 5.13 Å². The van der Waals surface area contributed by atoms with E-state index in [1.807, 2.05) is 24.3 Å². The number of hydrogen-bond acceptors (Lipinski definition) is 5. The molecule has 1 heterocycles. The molecular weight excluding hydrogens is 286 g/mol. The maximum absolute atomic E-state index is 11.7. The van der Waals surface area contributed by atoms with Gasteiger partial charge < -0.3 is 5.32 Å². The molecule has 1 N–H and O–H groups in total. The molecule has 1 aromatic carbocycles. The van der Waals surface area contributed by atoms with Crippen molar-refractivity contribution < 1.29 is 13.2 Å². The van der Waals surface area contributed by atoms with Gasteiger partial charge in [0.05, 0.1) is 23.0 Å². The lowest BCUT2D eigenvalue weighted by Crippen LogP contribution is -2.34. The molecule has 0 unspecified atom stereocenters. The molecular formula is C11H13N3O3S2. The van der Waals surface area contributed by atoms with Crippen molar-refractivity contribution in [3.63, 3.8) is 0 Å². The summed E-state index contributed by atoms with van der Waals surface area (Å²) in [5, 5.41) is 3.06. The fourth-order valence-corrected chi connectivity index (χ4v) is 2.64. The second-order valence-corrected chi connectivity index (χ2v) is 7.17. The third-order valence-corrected chi connectivity index (χ3v) is 4.69. The summed E-state index contributed by atoms with van der Waals surface area (Å²) in [5.41, 5.74) is 0.805. The number of hydrogen-bond donors (Lipinski definition) is 1. The van der Waals surface area contributed by atoms with E-state index in [1.54, 1.807) is 0 Å². The summed E-state index contributed by atoms with van der Waals surface area (Å²) in [6.45, 7) is -0.227. The van der Waals surface area contributed by atoms with E-state index in [4.69, 9.17) is 0 Å². The number of likely N-dealkylation sites (N-methyl/N-ethyl adjacent to an activating group) is 1. The summed E-state index contributed by atoms with van der Waals surface area (Å²) in [4.78, 5) is 15.9. The molecule has 2 aromatic rings. The molecule has 19 heavy (non-hydrogen) atoms. The fraction of sp³-hybridized carbons (Fsp3) is 0.273. The van der Waals surface area contributed by atoms with Crippen molar-refractivity contribution >= 4 is 42.6 Å². The maximum Gasteiger partial charge on any atom is 0.241 e. The van der Waals surface area contributed by atoms with E-state index in [0.29, 0.717) is 5.13 Å². The average molecular weight is 299 g/mol. The van der Waals surface area contributed by atoms with Crippen molar-refractivity contribution in [1.82, 2.24) is 9.29 Å². The largest absolute Gasteiger partial charge is 0.301 e. The van der Waals surface area contributed by atoms with Gasteiger partial charge in [-0.3, -0.25) is 4.79 Å². The second-order valence-electron chi connectivity index (χ2n) is 4.05. The first-order chi connectivity index (χ1) is 8.86. The van der Waals surface area contributed by atoms with Crippen molar-refractivity contribution in [2.24, 2.45) is 0 Å². The number of nitrogens with zero attached hydrogens (tertiary/aromatic N) is 2. The van der Waals surface area contributed by atoms with Gasteiger partial charge in [-0.15, -0.1) is 0 Å². The van der Waals surface area contributed by atoms with Crippen LogP contribution in [0.1, 0.15) is 0 Å². The van der Waals surface area contributed by atoms with Gasteiger partial charge in [-0.05, 0) is 12.1 Å². The molecule has 0 spiro atoms. The smallest absolute Gasteiger partial charge is 0.241 e. The molecule has 8 heteroatoms. The minimum absolute atomic E-state index is 0.227. The summed E-state index contributed by atoms with van der Waals surface area (Å²) in [6, 6.07) is 7.52. The Balaban J connectivity index is 2.07.